The number of carbonyl (C=O) groups is 2. The fourth-order valence-corrected chi connectivity index (χ4v) is 3.09. The molecule has 23 heavy (non-hydrogen) atoms. The smallest absolute Gasteiger partial charge is 0.308 e. The molecule has 1 saturated carbocycles. The summed E-state index contributed by atoms with van der Waals surface area (Å²) in [5.41, 5.74) is 1.72. The molecule has 0 aromatic heterocycles. The summed E-state index contributed by atoms with van der Waals surface area (Å²) in [6, 6.07) is 7.69. The highest BCUT2D eigenvalue weighted by molar-refractivity contribution is 9.09. The van der Waals surface area contributed by atoms with E-state index < -0.39 is 0 Å². The number of ether oxygens (including phenoxy) is 1. The van der Waals surface area contributed by atoms with E-state index in [1.54, 1.807) is 0 Å². The van der Waals surface area contributed by atoms with E-state index in [0.29, 0.717) is 5.92 Å². The number of halogens is 1. The van der Waals surface area contributed by atoms with E-state index in [4.69, 9.17) is 4.74 Å². The molecule has 2 rings (SSSR count). The molecule has 1 aromatic rings. The Hall–Kier alpha value is -1.56. The Morgan fingerprint density at radius 1 is 1.17 bits per heavy atom. The second-order valence-corrected chi connectivity index (χ2v) is 6.41. The average molecular weight is 383 g/mol. The summed E-state index contributed by atoms with van der Waals surface area (Å²) in [6.45, 7) is 0.842. The van der Waals surface area contributed by atoms with Crippen LogP contribution in [0.4, 0.5) is 11.4 Å². The van der Waals surface area contributed by atoms with Crippen molar-refractivity contribution in [2.75, 3.05) is 29.6 Å². The Labute approximate surface area is 145 Å². The van der Waals surface area contributed by atoms with Crippen molar-refractivity contribution in [3.05, 3.63) is 24.3 Å². The van der Waals surface area contributed by atoms with Crippen molar-refractivity contribution >= 4 is 39.2 Å². The molecule has 1 amide bonds. The number of methoxy groups -OCH3 is 1. The summed E-state index contributed by atoms with van der Waals surface area (Å²) >= 11 is 3.15. The van der Waals surface area contributed by atoms with Gasteiger partial charge in [0.1, 0.15) is 0 Å². The molecule has 126 valence electrons. The summed E-state index contributed by atoms with van der Waals surface area (Å²) < 4.78 is 4.82. The number of nitrogens with one attached hydrogen (secondary N) is 2. The normalized spacial score (nSPS) is 20.6. The molecule has 0 heterocycles. The molecule has 6 heteroatoms. The average Bonchev–Trinajstić information content (AvgIpc) is 2.60. The van der Waals surface area contributed by atoms with Gasteiger partial charge in [0, 0.05) is 6.54 Å². The van der Waals surface area contributed by atoms with Gasteiger partial charge in [-0.25, -0.2) is 0 Å². The first-order chi connectivity index (χ1) is 11.1. The summed E-state index contributed by atoms with van der Waals surface area (Å²) in [5, 5.41) is 6.57. The highest BCUT2D eigenvalue weighted by Gasteiger charge is 2.26. The van der Waals surface area contributed by atoms with Crippen molar-refractivity contribution in [2.45, 2.75) is 25.7 Å². The van der Waals surface area contributed by atoms with Gasteiger partial charge in [0.15, 0.2) is 0 Å². The second kappa shape index (κ2) is 8.91. The maximum Gasteiger partial charge on any atom is 0.308 e. The Kier molecular flexibility index (Phi) is 6.89. The zero-order valence-corrected chi connectivity index (χ0v) is 14.9. The van der Waals surface area contributed by atoms with Gasteiger partial charge in [-0.2, -0.15) is 0 Å². The molecule has 2 N–H and O–H groups in total. The van der Waals surface area contributed by atoms with E-state index in [1.165, 1.54) is 7.11 Å². The van der Waals surface area contributed by atoms with Crippen LogP contribution in [0.25, 0.3) is 0 Å². The van der Waals surface area contributed by atoms with Gasteiger partial charge in [-0.05, 0) is 43.7 Å². The molecule has 1 aromatic carbocycles. The van der Waals surface area contributed by atoms with E-state index in [1.807, 2.05) is 24.3 Å². The topological polar surface area (TPSA) is 67.4 Å². The van der Waals surface area contributed by atoms with E-state index >= 15 is 0 Å². The van der Waals surface area contributed by atoms with Crippen LogP contribution in [0.15, 0.2) is 24.3 Å². The Morgan fingerprint density at radius 2 is 1.83 bits per heavy atom. The fourth-order valence-electron chi connectivity index (χ4n) is 2.95. The second-order valence-electron chi connectivity index (χ2n) is 5.85. The quantitative estimate of drug-likeness (QED) is 0.584. The number of carbonyl (C=O) groups excluding carboxylic acids is 2. The van der Waals surface area contributed by atoms with Gasteiger partial charge >= 0.3 is 5.97 Å². The third kappa shape index (κ3) is 5.23. The van der Waals surface area contributed by atoms with Crippen molar-refractivity contribution in [3.63, 3.8) is 0 Å². The molecule has 0 aliphatic heterocycles. The summed E-state index contributed by atoms with van der Waals surface area (Å²) in [4.78, 5) is 23.1. The maximum atomic E-state index is 11.5. The number of rotatable bonds is 6. The van der Waals surface area contributed by atoms with E-state index in [-0.39, 0.29) is 23.1 Å². The molecule has 0 unspecified atom stereocenters. The summed E-state index contributed by atoms with van der Waals surface area (Å²) in [5.74, 6) is 0.440. The third-order valence-corrected chi connectivity index (χ3v) is 4.79. The monoisotopic (exact) mass is 382 g/mol. The number of amides is 1. The van der Waals surface area contributed by atoms with Gasteiger partial charge in [0.2, 0.25) is 5.91 Å². The van der Waals surface area contributed by atoms with Crippen molar-refractivity contribution in [2.24, 2.45) is 11.8 Å². The standard InChI is InChI=1S/C17H23BrN2O3/c1-23-17(22)13-8-6-12(7-9-13)11-19-14-4-2-3-5-15(14)20-16(21)10-18/h2-5,12-13,19H,6-11H2,1H3,(H,20,21). The van der Waals surface area contributed by atoms with E-state index in [2.05, 4.69) is 26.6 Å². The first kappa shape index (κ1) is 17.8. The van der Waals surface area contributed by atoms with Crippen LogP contribution < -0.4 is 10.6 Å². The van der Waals surface area contributed by atoms with Crippen molar-refractivity contribution in [3.8, 4) is 0 Å². The molecule has 0 saturated heterocycles. The number of esters is 1. The van der Waals surface area contributed by atoms with Gasteiger partial charge in [-0.1, -0.05) is 28.1 Å². The number of hydrogen-bond acceptors (Lipinski definition) is 4. The zero-order chi connectivity index (χ0) is 16.7. The number of anilines is 2. The largest absolute Gasteiger partial charge is 0.469 e. The lowest BCUT2D eigenvalue weighted by Gasteiger charge is -2.27. The van der Waals surface area contributed by atoms with Crippen LogP contribution in [-0.4, -0.2) is 30.9 Å². The predicted octanol–water partition coefficient (Wildman–Crippen LogP) is 3.41. The highest BCUT2D eigenvalue weighted by atomic mass is 79.9. The van der Waals surface area contributed by atoms with Crippen LogP contribution in [0.1, 0.15) is 25.7 Å². The SMILES string of the molecule is COC(=O)C1CCC(CNc2ccccc2NC(=O)CBr)CC1. The molecule has 0 atom stereocenters. The molecular weight excluding hydrogens is 360 g/mol. The summed E-state index contributed by atoms with van der Waals surface area (Å²) in [6.07, 6.45) is 3.81. The molecule has 1 fully saturated rings. The number of alkyl halides is 1. The first-order valence-electron chi connectivity index (χ1n) is 7.90. The number of para-hydroxylation sites is 2. The maximum absolute atomic E-state index is 11.5. The lowest BCUT2D eigenvalue weighted by molar-refractivity contribution is -0.146. The van der Waals surface area contributed by atoms with Gasteiger partial charge in [-0.15, -0.1) is 0 Å². The van der Waals surface area contributed by atoms with Crippen molar-refractivity contribution < 1.29 is 14.3 Å². The van der Waals surface area contributed by atoms with Crippen LogP contribution in [-0.2, 0) is 14.3 Å². The molecular formula is C17H23BrN2O3. The Bertz CT molecular complexity index is 542. The van der Waals surface area contributed by atoms with Crippen LogP contribution in [0, 0.1) is 11.8 Å². The van der Waals surface area contributed by atoms with Crippen LogP contribution in [0.2, 0.25) is 0 Å². The Morgan fingerprint density at radius 3 is 2.43 bits per heavy atom. The lowest BCUT2D eigenvalue weighted by atomic mass is 9.82. The Balaban J connectivity index is 1.85. The van der Waals surface area contributed by atoms with Crippen LogP contribution in [0.5, 0.6) is 0 Å². The summed E-state index contributed by atoms with van der Waals surface area (Å²) in [7, 11) is 1.45. The molecule has 1 aliphatic carbocycles. The first-order valence-corrected chi connectivity index (χ1v) is 9.02. The predicted molar refractivity (Wildman–Crippen MR) is 94.8 cm³/mol. The van der Waals surface area contributed by atoms with Crippen LogP contribution >= 0.6 is 15.9 Å². The van der Waals surface area contributed by atoms with Gasteiger partial charge < -0.3 is 15.4 Å². The van der Waals surface area contributed by atoms with Gasteiger partial charge in [0.05, 0.1) is 29.7 Å². The molecule has 5 nitrogen and oxygen atoms in total. The van der Waals surface area contributed by atoms with Gasteiger partial charge in [-0.3, -0.25) is 9.59 Å². The highest BCUT2D eigenvalue weighted by Crippen LogP contribution is 2.30. The van der Waals surface area contributed by atoms with Crippen molar-refractivity contribution in [1.82, 2.24) is 0 Å². The molecule has 0 bridgehead atoms. The lowest BCUT2D eigenvalue weighted by Crippen LogP contribution is -2.26. The van der Waals surface area contributed by atoms with Gasteiger partial charge in [0.25, 0.3) is 0 Å². The van der Waals surface area contributed by atoms with E-state index in [0.717, 1.165) is 43.6 Å². The van der Waals surface area contributed by atoms with E-state index in [9.17, 15) is 9.59 Å². The number of hydrogen-bond donors (Lipinski definition) is 2. The number of benzene rings is 1. The fraction of sp³-hybridized carbons (Fsp3) is 0.529. The molecule has 1 aliphatic rings. The zero-order valence-electron chi connectivity index (χ0n) is 13.3. The minimum absolute atomic E-state index is 0.0572. The van der Waals surface area contributed by atoms with Crippen molar-refractivity contribution in [1.29, 1.82) is 0 Å². The third-order valence-electron chi connectivity index (χ3n) is 4.28. The van der Waals surface area contributed by atoms with Crippen LogP contribution in [0.3, 0.4) is 0 Å². The minimum atomic E-state index is -0.0840. The minimum Gasteiger partial charge on any atom is -0.469 e. The molecule has 0 spiro atoms. The molecule has 0 radical (unpaired) electrons.